The van der Waals surface area contributed by atoms with Crippen LogP contribution in [0.3, 0.4) is 0 Å². The molecule has 0 saturated heterocycles. The number of rotatable bonds is 5. The molecule has 3 rings (SSSR count). The molecule has 0 aliphatic heterocycles. The molecule has 23 heavy (non-hydrogen) atoms. The minimum atomic E-state index is -0.206. The summed E-state index contributed by atoms with van der Waals surface area (Å²) < 4.78 is 10.1. The van der Waals surface area contributed by atoms with Crippen LogP contribution in [0.5, 0.6) is 0 Å². The lowest BCUT2D eigenvalue weighted by Crippen LogP contribution is -2.16. The first-order valence-corrected chi connectivity index (χ1v) is 7.68. The first-order valence-electron chi connectivity index (χ1n) is 6.81. The van der Waals surface area contributed by atoms with Gasteiger partial charge in [0.2, 0.25) is 11.7 Å². The number of methoxy groups -OCH3 is 1. The van der Waals surface area contributed by atoms with Crippen molar-refractivity contribution in [3.8, 4) is 22.2 Å². The number of ether oxygens (including phenoxy) is 1. The molecule has 0 atom stereocenters. The predicted octanol–water partition coefficient (Wildman–Crippen LogP) is 2.75. The minimum Gasteiger partial charge on any atom is -0.375 e. The van der Waals surface area contributed by atoms with Gasteiger partial charge in [-0.25, -0.2) is 4.98 Å². The Kier molecular flexibility index (Phi) is 4.45. The first kappa shape index (κ1) is 15.3. The molecule has 0 aliphatic carbocycles. The highest BCUT2D eigenvalue weighted by Gasteiger charge is 2.14. The number of amides is 1. The summed E-state index contributed by atoms with van der Waals surface area (Å²) in [5.74, 6) is 0.739. The van der Waals surface area contributed by atoms with Gasteiger partial charge in [0.05, 0.1) is 11.2 Å². The van der Waals surface area contributed by atoms with Crippen LogP contribution < -0.4 is 5.32 Å². The van der Waals surface area contributed by atoms with Crippen molar-refractivity contribution in [2.75, 3.05) is 19.0 Å². The average Bonchev–Trinajstić information content (AvgIpc) is 3.17. The zero-order valence-electron chi connectivity index (χ0n) is 12.6. The van der Waals surface area contributed by atoms with E-state index in [4.69, 9.17) is 9.26 Å². The third kappa shape index (κ3) is 3.43. The van der Waals surface area contributed by atoms with E-state index in [1.165, 1.54) is 18.4 Å². The second kappa shape index (κ2) is 6.67. The summed E-state index contributed by atoms with van der Waals surface area (Å²) in [4.78, 5) is 20.9. The number of aromatic nitrogens is 3. The molecule has 3 aromatic rings. The molecule has 0 bridgehead atoms. The van der Waals surface area contributed by atoms with Gasteiger partial charge in [-0.3, -0.25) is 4.79 Å². The van der Waals surface area contributed by atoms with Crippen LogP contribution in [0.2, 0.25) is 0 Å². The molecule has 8 heteroatoms. The Bertz CT molecular complexity index is 810. The van der Waals surface area contributed by atoms with Crippen LogP contribution in [0.15, 0.2) is 34.3 Å². The van der Waals surface area contributed by atoms with E-state index in [1.807, 2.05) is 19.1 Å². The van der Waals surface area contributed by atoms with E-state index in [0.717, 1.165) is 16.1 Å². The van der Waals surface area contributed by atoms with Gasteiger partial charge in [0, 0.05) is 18.4 Å². The molecule has 7 nitrogen and oxygen atoms in total. The fourth-order valence-electron chi connectivity index (χ4n) is 1.97. The van der Waals surface area contributed by atoms with E-state index in [-0.39, 0.29) is 12.5 Å². The Morgan fingerprint density at radius 1 is 1.35 bits per heavy atom. The normalized spacial score (nSPS) is 10.7. The maximum atomic E-state index is 11.5. The predicted molar refractivity (Wildman–Crippen MR) is 86.1 cm³/mol. The van der Waals surface area contributed by atoms with Crippen LogP contribution in [-0.2, 0) is 9.53 Å². The Hall–Kier alpha value is -2.58. The van der Waals surface area contributed by atoms with Gasteiger partial charge in [-0.1, -0.05) is 5.16 Å². The zero-order valence-corrected chi connectivity index (χ0v) is 13.4. The Morgan fingerprint density at radius 3 is 2.78 bits per heavy atom. The number of hydrogen-bond donors (Lipinski definition) is 1. The fourth-order valence-corrected chi connectivity index (χ4v) is 2.69. The minimum absolute atomic E-state index is 0.0180. The molecule has 0 aliphatic rings. The highest BCUT2D eigenvalue weighted by atomic mass is 32.1. The van der Waals surface area contributed by atoms with E-state index in [2.05, 4.69) is 20.4 Å². The second-order valence-corrected chi connectivity index (χ2v) is 5.60. The number of anilines is 1. The lowest BCUT2D eigenvalue weighted by molar-refractivity contribution is -0.119. The number of carbonyl (C=O) groups is 1. The summed E-state index contributed by atoms with van der Waals surface area (Å²) in [6.07, 6.45) is 0. The maximum absolute atomic E-state index is 11.5. The number of nitrogens with zero attached hydrogens (tertiary/aromatic N) is 3. The Morgan fingerprint density at radius 2 is 2.13 bits per heavy atom. The van der Waals surface area contributed by atoms with Crippen molar-refractivity contribution in [3.63, 3.8) is 0 Å². The molecular weight excluding hydrogens is 316 g/mol. The quantitative estimate of drug-likeness (QED) is 0.773. The van der Waals surface area contributed by atoms with Gasteiger partial charge in [-0.05, 0) is 31.2 Å². The van der Waals surface area contributed by atoms with E-state index >= 15 is 0 Å². The van der Waals surface area contributed by atoms with Crippen molar-refractivity contribution in [3.05, 3.63) is 35.5 Å². The molecule has 2 aromatic heterocycles. The average molecular weight is 330 g/mol. The number of thiazole rings is 1. The molecular formula is C15H14N4O3S. The lowest BCUT2D eigenvalue weighted by Gasteiger charge is -2.04. The van der Waals surface area contributed by atoms with Crippen molar-refractivity contribution < 1.29 is 14.1 Å². The number of nitrogens with one attached hydrogen (secondary N) is 1. The highest BCUT2D eigenvalue weighted by Crippen LogP contribution is 2.28. The van der Waals surface area contributed by atoms with Crippen LogP contribution in [0, 0.1) is 6.92 Å². The summed E-state index contributed by atoms with van der Waals surface area (Å²) in [6, 6.07) is 7.18. The van der Waals surface area contributed by atoms with Crippen molar-refractivity contribution in [2.24, 2.45) is 0 Å². The third-order valence-corrected chi connectivity index (χ3v) is 3.98. The molecule has 0 fully saturated rings. The first-order chi connectivity index (χ1) is 11.2. The van der Waals surface area contributed by atoms with Crippen molar-refractivity contribution in [2.45, 2.75) is 6.92 Å². The molecule has 118 valence electrons. The van der Waals surface area contributed by atoms with Gasteiger partial charge in [-0.15, -0.1) is 11.3 Å². The van der Waals surface area contributed by atoms with E-state index in [9.17, 15) is 4.79 Å². The zero-order chi connectivity index (χ0) is 16.2. The topological polar surface area (TPSA) is 90.1 Å². The van der Waals surface area contributed by atoms with Gasteiger partial charge >= 0.3 is 0 Å². The summed E-state index contributed by atoms with van der Waals surface area (Å²) in [6.45, 7) is 1.91. The molecule has 1 aromatic carbocycles. The molecule has 0 saturated carbocycles. The van der Waals surface area contributed by atoms with Gasteiger partial charge in [0.1, 0.15) is 11.5 Å². The van der Waals surface area contributed by atoms with Gasteiger partial charge in [0.15, 0.2) is 0 Å². The lowest BCUT2D eigenvalue weighted by atomic mass is 10.2. The fraction of sp³-hybridized carbons (Fsp3) is 0.200. The summed E-state index contributed by atoms with van der Waals surface area (Å²) in [5, 5.41) is 6.71. The largest absolute Gasteiger partial charge is 0.375 e. The smallest absolute Gasteiger partial charge is 0.270 e. The Labute approximate surface area is 136 Å². The van der Waals surface area contributed by atoms with Gasteiger partial charge in [-0.2, -0.15) is 4.98 Å². The SMILES string of the molecule is COCC(=O)Nc1ccc(-c2noc(-c3scnc3C)n2)cc1. The van der Waals surface area contributed by atoms with Crippen LogP contribution in [-0.4, -0.2) is 34.7 Å². The summed E-state index contributed by atoms with van der Waals surface area (Å²) in [7, 11) is 1.47. The van der Waals surface area contributed by atoms with Crippen LogP contribution in [0.4, 0.5) is 5.69 Å². The van der Waals surface area contributed by atoms with Crippen molar-refractivity contribution >= 4 is 22.9 Å². The summed E-state index contributed by atoms with van der Waals surface area (Å²) in [5.41, 5.74) is 4.08. The standard InChI is InChI=1S/C15H14N4O3S/c1-9-13(23-8-16-9)15-18-14(19-22-15)10-3-5-11(6-4-10)17-12(20)7-21-2/h3-6,8H,7H2,1-2H3,(H,17,20). The van der Waals surface area contributed by atoms with Crippen LogP contribution in [0.1, 0.15) is 5.69 Å². The molecule has 1 amide bonds. The number of hydrogen-bond acceptors (Lipinski definition) is 7. The molecule has 2 heterocycles. The molecule has 0 unspecified atom stereocenters. The highest BCUT2D eigenvalue weighted by molar-refractivity contribution is 7.13. The molecule has 1 N–H and O–H groups in total. The monoisotopic (exact) mass is 330 g/mol. The maximum Gasteiger partial charge on any atom is 0.270 e. The van der Waals surface area contributed by atoms with E-state index in [0.29, 0.717) is 17.4 Å². The number of carbonyl (C=O) groups excluding carboxylic acids is 1. The Balaban J connectivity index is 1.76. The number of benzene rings is 1. The van der Waals surface area contributed by atoms with Crippen molar-refractivity contribution in [1.29, 1.82) is 0 Å². The van der Waals surface area contributed by atoms with E-state index in [1.54, 1.807) is 17.6 Å². The van der Waals surface area contributed by atoms with Gasteiger partial charge < -0.3 is 14.6 Å². The molecule has 0 radical (unpaired) electrons. The van der Waals surface area contributed by atoms with Crippen LogP contribution >= 0.6 is 11.3 Å². The van der Waals surface area contributed by atoms with Gasteiger partial charge in [0.25, 0.3) is 5.89 Å². The second-order valence-electron chi connectivity index (χ2n) is 4.75. The van der Waals surface area contributed by atoms with Crippen molar-refractivity contribution in [1.82, 2.24) is 15.1 Å². The van der Waals surface area contributed by atoms with Crippen LogP contribution in [0.25, 0.3) is 22.2 Å². The molecule has 0 spiro atoms. The third-order valence-electron chi connectivity index (χ3n) is 3.07. The summed E-state index contributed by atoms with van der Waals surface area (Å²) >= 11 is 1.46. The number of aryl methyl sites for hydroxylation is 1. The van der Waals surface area contributed by atoms with E-state index < -0.39 is 0 Å².